The predicted octanol–water partition coefficient (Wildman–Crippen LogP) is 4.24. The largest absolute Gasteiger partial charge is 0.389 e. The van der Waals surface area contributed by atoms with Crippen molar-refractivity contribution in [2.75, 3.05) is 0 Å². The monoisotopic (exact) mass is 301 g/mol. The average Bonchev–Trinajstić information content (AvgIpc) is 2.48. The molecule has 0 saturated carbocycles. The smallest absolute Gasteiger partial charge is 0.323 e. The molecule has 1 nitrogen and oxygen atoms in total. The number of alkyl halides is 3. The predicted molar refractivity (Wildman–Crippen MR) is 58.9 cm³/mol. The van der Waals surface area contributed by atoms with Gasteiger partial charge in [-0.05, 0) is 40.2 Å². The van der Waals surface area contributed by atoms with Crippen molar-refractivity contribution in [1.82, 2.24) is 0 Å². The lowest BCUT2D eigenvalue weighted by atomic mass is 10.1. The van der Waals surface area contributed by atoms with Crippen LogP contribution in [0.15, 0.2) is 15.9 Å². The van der Waals surface area contributed by atoms with E-state index < -0.39 is 12.6 Å². The van der Waals surface area contributed by atoms with Crippen molar-refractivity contribution < 1.29 is 13.2 Å². The van der Waals surface area contributed by atoms with E-state index in [-0.39, 0.29) is 12.5 Å². The Bertz CT molecular complexity index is 311. The van der Waals surface area contributed by atoms with E-state index in [1.54, 1.807) is 0 Å². The lowest BCUT2D eigenvalue weighted by Gasteiger charge is -2.11. The molecule has 1 aromatic rings. The molecule has 0 aromatic carbocycles. The Morgan fingerprint density at radius 1 is 1.47 bits per heavy atom. The Morgan fingerprint density at radius 2 is 2.13 bits per heavy atom. The van der Waals surface area contributed by atoms with Gasteiger partial charge in [0.15, 0.2) is 0 Å². The Hall–Kier alpha value is -0.0700. The Kier molecular flexibility index (Phi) is 4.61. The van der Waals surface area contributed by atoms with Gasteiger partial charge in [0.1, 0.15) is 0 Å². The fourth-order valence-corrected chi connectivity index (χ4v) is 2.93. The van der Waals surface area contributed by atoms with E-state index >= 15 is 0 Å². The zero-order valence-electron chi connectivity index (χ0n) is 7.85. The van der Waals surface area contributed by atoms with E-state index in [1.807, 2.05) is 11.4 Å². The van der Waals surface area contributed by atoms with E-state index in [4.69, 9.17) is 5.73 Å². The van der Waals surface area contributed by atoms with Crippen LogP contribution < -0.4 is 5.73 Å². The molecule has 1 aromatic heterocycles. The molecule has 15 heavy (non-hydrogen) atoms. The van der Waals surface area contributed by atoms with Crippen molar-refractivity contribution in [3.63, 3.8) is 0 Å². The van der Waals surface area contributed by atoms with Gasteiger partial charge in [-0.15, -0.1) is 11.3 Å². The standard InChI is InChI=1S/C9H11BrF3NS/c10-6-3-5-15-8(6)7(14)2-1-4-9(11,12)13/h3,5,7H,1-2,4,14H2. The summed E-state index contributed by atoms with van der Waals surface area (Å²) in [5.74, 6) is 0. The molecule has 1 atom stereocenters. The van der Waals surface area contributed by atoms with Gasteiger partial charge >= 0.3 is 6.18 Å². The normalized spacial score (nSPS) is 14.2. The molecule has 1 rings (SSSR count). The molecule has 0 amide bonds. The highest BCUT2D eigenvalue weighted by Crippen LogP contribution is 2.31. The van der Waals surface area contributed by atoms with E-state index in [1.165, 1.54) is 11.3 Å². The number of thiophene rings is 1. The van der Waals surface area contributed by atoms with Crippen LogP contribution in [0.5, 0.6) is 0 Å². The minimum Gasteiger partial charge on any atom is -0.323 e. The molecule has 1 unspecified atom stereocenters. The first kappa shape index (κ1) is 13.0. The van der Waals surface area contributed by atoms with Crippen molar-refractivity contribution in [2.24, 2.45) is 5.73 Å². The van der Waals surface area contributed by atoms with Gasteiger partial charge in [-0.3, -0.25) is 0 Å². The van der Waals surface area contributed by atoms with E-state index in [0.717, 1.165) is 9.35 Å². The zero-order chi connectivity index (χ0) is 11.5. The van der Waals surface area contributed by atoms with E-state index in [9.17, 15) is 13.2 Å². The number of halogens is 4. The molecule has 0 radical (unpaired) electrons. The second-order valence-corrected chi connectivity index (χ2v) is 5.05. The SMILES string of the molecule is NC(CCCC(F)(F)F)c1sccc1Br. The summed E-state index contributed by atoms with van der Waals surface area (Å²) in [7, 11) is 0. The molecule has 0 saturated heterocycles. The fourth-order valence-electron chi connectivity index (χ4n) is 1.22. The molecular weight excluding hydrogens is 291 g/mol. The van der Waals surface area contributed by atoms with Crippen LogP contribution in [-0.2, 0) is 0 Å². The second kappa shape index (κ2) is 5.32. The van der Waals surface area contributed by atoms with Crippen LogP contribution >= 0.6 is 27.3 Å². The van der Waals surface area contributed by atoms with Crippen molar-refractivity contribution in [2.45, 2.75) is 31.5 Å². The molecular formula is C9H11BrF3NS. The third-order valence-electron chi connectivity index (χ3n) is 1.96. The van der Waals surface area contributed by atoms with Crippen molar-refractivity contribution >= 4 is 27.3 Å². The van der Waals surface area contributed by atoms with Crippen LogP contribution in [0.25, 0.3) is 0 Å². The minimum absolute atomic E-state index is 0.0784. The summed E-state index contributed by atoms with van der Waals surface area (Å²) < 4.78 is 36.5. The van der Waals surface area contributed by atoms with Gasteiger partial charge in [0, 0.05) is 21.8 Å². The van der Waals surface area contributed by atoms with Crippen LogP contribution in [0.2, 0.25) is 0 Å². The lowest BCUT2D eigenvalue weighted by Crippen LogP contribution is -2.12. The van der Waals surface area contributed by atoms with Crippen LogP contribution in [0.4, 0.5) is 13.2 Å². The maximum atomic E-state index is 11.9. The first-order chi connectivity index (χ1) is 6.90. The highest BCUT2D eigenvalue weighted by molar-refractivity contribution is 9.10. The van der Waals surface area contributed by atoms with Crippen LogP contribution in [0, 0.1) is 0 Å². The topological polar surface area (TPSA) is 26.0 Å². The lowest BCUT2D eigenvalue weighted by molar-refractivity contribution is -0.135. The van der Waals surface area contributed by atoms with Crippen LogP contribution in [0.3, 0.4) is 0 Å². The third kappa shape index (κ3) is 4.53. The first-order valence-electron chi connectivity index (χ1n) is 4.45. The summed E-state index contributed by atoms with van der Waals surface area (Å²) in [6.45, 7) is 0. The van der Waals surface area contributed by atoms with Crippen molar-refractivity contribution in [1.29, 1.82) is 0 Å². The molecule has 0 aliphatic heterocycles. The summed E-state index contributed by atoms with van der Waals surface area (Å²) in [4.78, 5) is 0.914. The molecule has 6 heteroatoms. The highest BCUT2D eigenvalue weighted by Gasteiger charge is 2.26. The van der Waals surface area contributed by atoms with Gasteiger partial charge in [-0.25, -0.2) is 0 Å². The van der Waals surface area contributed by atoms with Gasteiger partial charge in [0.05, 0.1) is 0 Å². The Morgan fingerprint density at radius 3 is 2.60 bits per heavy atom. The average molecular weight is 302 g/mol. The molecule has 1 heterocycles. The molecule has 0 aliphatic rings. The Labute approximate surface area is 98.6 Å². The summed E-state index contributed by atoms with van der Waals surface area (Å²) in [6.07, 6.45) is -4.40. The second-order valence-electron chi connectivity index (χ2n) is 3.25. The van der Waals surface area contributed by atoms with E-state index in [0.29, 0.717) is 6.42 Å². The fraction of sp³-hybridized carbons (Fsp3) is 0.556. The van der Waals surface area contributed by atoms with Crippen LogP contribution in [0.1, 0.15) is 30.2 Å². The third-order valence-corrected chi connectivity index (χ3v) is 3.96. The quantitative estimate of drug-likeness (QED) is 0.884. The number of hydrogen-bond acceptors (Lipinski definition) is 2. The summed E-state index contributed by atoms with van der Waals surface area (Å²) in [5.41, 5.74) is 5.78. The van der Waals surface area contributed by atoms with E-state index in [2.05, 4.69) is 15.9 Å². The van der Waals surface area contributed by atoms with Crippen LogP contribution in [-0.4, -0.2) is 6.18 Å². The van der Waals surface area contributed by atoms with Crippen molar-refractivity contribution in [3.8, 4) is 0 Å². The van der Waals surface area contributed by atoms with Crippen molar-refractivity contribution in [3.05, 3.63) is 20.8 Å². The number of nitrogens with two attached hydrogens (primary N) is 1. The van der Waals surface area contributed by atoms with Gasteiger partial charge in [0.2, 0.25) is 0 Å². The maximum Gasteiger partial charge on any atom is 0.389 e. The first-order valence-corrected chi connectivity index (χ1v) is 6.12. The Balaban J connectivity index is 2.37. The zero-order valence-corrected chi connectivity index (χ0v) is 10.3. The maximum absolute atomic E-state index is 11.9. The molecule has 0 bridgehead atoms. The van der Waals surface area contributed by atoms with Gasteiger partial charge in [-0.2, -0.15) is 13.2 Å². The number of hydrogen-bond donors (Lipinski definition) is 1. The van der Waals surface area contributed by atoms with Gasteiger partial charge < -0.3 is 5.73 Å². The molecule has 2 N–H and O–H groups in total. The summed E-state index contributed by atoms with van der Waals surface area (Å²) >= 11 is 4.77. The van der Waals surface area contributed by atoms with Gasteiger partial charge in [0.25, 0.3) is 0 Å². The molecule has 0 aliphatic carbocycles. The molecule has 86 valence electrons. The summed E-state index contributed by atoms with van der Waals surface area (Å²) in [6, 6.07) is 1.55. The minimum atomic E-state index is -4.08. The summed E-state index contributed by atoms with van der Waals surface area (Å²) in [5, 5.41) is 1.86. The molecule has 0 fully saturated rings. The number of rotatable bonds is 4. The molecule has 0 spiro atoms. The van der Waals surface area contributed by atoms with Gasteiger partial charge in [-0.1, -0.05) is 0 Å². The highest BCUT2D eigenvalue weighted by atomic mass is 79.9.